The van der Waals surface area contributed by atoms with Crippen LogP contribution in [0, 0.1) is 13.8 Å². The molecule has 0 aliphatic carbocycles. The number of benzene rings is 2. The van der Waals surface area contributed by atoms with E-state index >= 15 is 0 Å². The number of nitrogens with zero attached hydrogens (tertiary/aromatic N) is 4. The fraction of sp³-hybridized carbons (Fsp3) is 0.190. The largest absolute Gasteiger partial charge is 0.497 e. The average Bonchev–Trinajstić information content (AvgIpc) is 3.30. The molecule has 4 aromatic rings. The topological polar surface area (TPSA) is 66.0 Å². The third-order valence-corrected chi connectivity index (χ3v) is 5.31. The molecule has 142 valence electrons. The summed E-state index contributed by atoms with van der Waals surface area (Å²) in [6.45, 7) is 3.87. The van der Waals surface area contributed by atoms with Crippen molar-refractivity contribution in [3.05, 3.63) is 71.9 Å². The molecular weight excluding hydrogens is 372 g/mol. The minimum Gasteiger partial charge on any atom is -0.497 e. The monoisotopic (exact) mass is 392 g/mol. The Hall–Kier alpha value is -3.06. The molecular formula is C21H20N4O2S. The van der Waals surface area contributed by atoms with Crippen LogP contribution >= 0.6 is 11.8 Å². The van der Waals surface area contributed by atoms with E-state index in [0.29, 0.717) is 11.6 Å². The van der Waals surface area contributed by atoms with Crippen LogP contribution in [-0.4, -0.2) is 26.9 Å². The van der Waals surface area contributed by atoms with E-state index in [1.807, 2.05) is 68.4 Å². The molecule has 0 saturated heterocycles. The van der Waals surface area contributed by atoms with Crippen molar-refractivity contribution in [2.45, 2.75) is 24.8 Å². The van der Waals surface area contributed by atoms with Crippen molar-refractivity contribution in [2.24, 2.45) is 0 Å². The second-order valence-electron chi connectivity index (χ2n) is 6.24. The highest BCUT2D eigenvalue weighted by atomic mass is 32.2. The van der Waals surface area contributed by atoms with Gasteiger partial charge in [0.15, 0.2) is 11.0 Å². The lowest BCUT2D eigenvalue weighted by Crippen LogP contribution is -1.99. The van der Waals surface area contributed by atoms with Gasteiger partial charge >= 0.3 is 0 Å². The van der Waals surface area contributed by atoms with Crippen molar-refractivity contribution < 1.29 is 9.15 Å². The Bertz CT molecular complexity index is 1050. The Labute approximate surface area is 167 Å². The highest BCUT2D eigenvalue weighted by Crippen LogP contribution is 2.30. The number of hydrogen-bond acceptors (Lipinski definition) is 6. The smallest absolute Gasteiger partial charge is 0.205 e. The number of aryl methyl sites for hydroxylation is 2. The molecule has 0 aliphatic rings. The number of ether oxygens (including phenoxy) is 1. The van der Waals surface area contributed by atoms with Crippen LogP contribution in [0.15, 0.2) is 64.2 Å². The Morgan fingerprint density at radius 2 is 1.75 bits per heavy atom. The summed E-state index contributed by atoms with van der Waals surface area (Å²) in [7, 11) is 1.66. The maximum Gasteiger partial charge on any atom is 0.205 e. The zero-order chi connectivity index (χ0) is 19.5. The number of aromatic nitrogens is 4. The molecule has 0 radical (unpaired) electrons. The van der Waals surface area contributed by atoms with Crippen molar-refractivity contribution in [3.63, 3.8) is 0 Å². The Kier molecular flexibility index (Phi) is 5.16. The molecule has 0 bridgehead atoms. The van der Waals surface area contributed by atoms with E-state index < -0.39 is 0 Å². The van der Waals surface area contributed by atoms with Gasteiger partial charge in [-0.25, -0.2) is 4.98 Å². The molecule has 6 nitrogen and oxygen atoms in total. The quantitative estimate of drug-likeness (QED) is 0.438. The molecule has 0 N–H and O–H groups in total. The van der Waals surface area contributed by atoms with Gasteiger partial charge in [0.05, 0.1) is 18.6 Å². The van der Waals surface area contributed by atoms with E-state index in [0.717, 1.165) is 39.4 Å². The molecule has 2 aromatic carbocycles. The Morgan fingerprint density at radius 1 is 1.00 bits per heavy atom. The first-order chi connectivity index (χ1) is 13.7. The number of rotatable bonds is 6. The van der Waals surface area contributed by atoms with Gasteiger partial charge in [0, 0.05) is 11.3 Å². The van der Waals surface area contributed by atoms with Gasteiger partial charge in [-0.2, -0.15) is 0 Å². The third-order valence-electron chi connectivity index (χ3n) is 4.39. The molecule has 7 heteroatoms. The summed E-state index contributed by atoms with van der Waals surface area (Å²) in [6, 6.07) is 17.9. The van der Waals surface area contributed by atoms with Crippen LogP contribution in [-0.2, 0) is 5.75 Å². The van der Waals surface area contributed by atoms with Crippen LogP contribution in [0.1, 0.15) is 17.3 Å². The fourth-order valence-corrected chi connectivity index (χ4v) is 3.62. The summed E-state index contributed by atoms with van der Waals surface area (Å²) in [5.74, 6) is 3.70. The summed E-state index contributed by atoms with van der Waals surface area (Å²) < 4.78 is 13.0. The second-order valence-corrected chi connectivity index (χ2v) is 7.19. The zero-order valence-corrected chi connectivity index (χ0v) is 16.7. The van der Waals surface area contributed by atoms with Crippen LogP contribution in [0.25, 0.3) is 17.1 Å². The van der Waals surface area contributed by atoms with Gasteiger partial charge in [-0.3, -0.25) is 4.57 Å². The molecule has 0 aliphatic heterocycles. The van der Waals surface area contributed by atoms with Gasteiger partial charge in [-0.1, -0.05) is 30.0 Å². The molecule has 0 unspecified atom stereocenters. The first-order valence-electron chi connectivity index (χ1n) is 8.86. The highest BCUT2D eigenvalue weighted by Gasteiger charge is 2.17. The van der Waals surface area contributed by atoms with Crippen LogP contribution in [0.2, 0.25) is 0 Å². The first kappa shape index (κ1) is 18.3. The van der Waals surface area contributed by atoms with E-state index in [1.54, 1.807) is 18.9 Å². The maximum atomic E-state index is 5.70. The summed E-state index contributed by atoms with van der Waals surface area (Å²) in [6.07, 6.45) is 0. The van der Waals surface area contributed by atoms with E-state index in [4.69, 9.17) is 9.15 Å². The lowest BCUT2D eigenvalue weighted by molar-refractivity contribution is 0.415. The number of hydrogen-bond donors (Lipinski definition) is 0. The van der Waals surface area contributed by atoms with Crippen molar-refractivity contribution in [2.75, 3.05) is 7.11 Å². The molecule has 28 heavy (non-hydrogen) atoms. The third kappa shape index (κ3) is 3.66. The Balaban J connectivity index is 1.70. The molecule has 0 saturated carbocycles. The van der Waals surface area contributed by atoms with Crippen LogP contribution in [0.3, 0.4) is 0 Å². The predicted molar refractivity (Wildman–Crippen MR) is 109 cm³/mol. The SMILES string of the molecule is COc1ccc(-c2nnc(SCc3nc(C)c(C)o3)n2-c2ccccc2)cc1. The van der Waals surface area contributed by atoms with Gasteiger partial charge in [0.25, 0.3) is 0 Å². The van der Waals surface area contributed by atoms with Crippen LogP contribution in [0.4, 0.5) is 0 Å². The minimum absolute atomic E-state index is 0.586. The molecule has 2 aromatic heterocycles. The standard InChI is InChI=1S/C21H20N4O2S/c1-14-15(2)27-19(22-14)13-28-21-24-23-20(16-9-11-18(26-3)12-10-16)25(21)17-7-5-4-6-8-17/h4-12H,13H2,1-3H3. The molecule has 0 fully saturated rings. The van der Waals surface area contributed by atoms with E-state index in [-0.39, 0.29) is 0 Å². The lowest BCUT2D eigenvalue weighted by atomic mass is 10.2. The van der Waals surface area contributed by atoms with Crippen molar-refractivity contribution >= 4 is 11.8 Å². The van der Waals surface area contributed by atoms with Crippen LogP contribution in [0.5, 0.6) is 5.75 Å². The van der Waals surface area contributed by atoms with Gasteiger partial charge in [-0.05, 0) is 50.2 Å². The molecule has 4 rings (SSSR count). The van der Waals surface area contributed by atoms with Gasteiger partial charge in [0.1, 0.15) is 11.5 Å². The van der Waals surface area contributed by atoms with Gasteiger partial charge in [0.2, 0.25) is 5.89 Å². The highest BCUT2D eigenvalue weighted by molar-refractivity contribution is 7.98. The Morgan fingerprint density at radius 3 is 2.39 bits per heavy atom. The van der Waals surface area contributed by atoms with Crippen molar-refractivity contribution in [3.8, 4) is 22.8 Å². The van der Waals surface area contributed by atoms with E-state index in [2.05, 4.69) is 19.7 Å². The molecule has 2 heterocycles. The van der Waals surface area contributed by atoms with Crippen LogP contribution < -0.4 is 4.74 Å². The number of thioether (sulfide) groups is 1. The van der Waals surface area contributed by atoms with E-state index in [1.165, 1.54) is 0 Å². The summed E-state index contributed by atoms with van der Waals surface area (Å²) in [4.78, 5) is 4.45. The maximum absolute atomic E-state index is 5.70. The lowest BCUT2D eigenvalue weighted by Gasteiger charge is -2.10. The zero-order valence-electron chi connectivity index (χ0n) is 15.9. The number of methoxy groups -OCH3 is 1. The summed E-state index contributed by atoms with van der Waals surface area (Å²) >= 11 is 1.55. The van der Waals surface area contributed by atoms with Crippen molar-refractivity contribution in [1.29, 1.82) is 0 Å². The predicted octanol–water partition coefficient (Wildman–Crippen LogP) is 4.84. The fourth-order valence-electron chi connectivity index (χ4n) is 2.83. The van der Waals surface area contributed by atoms with E-state index in [9.17, 15) is 0 Å². The van der Waals surface area contributed by atoms with Crippen molar-refractivity contribution in [1.82, 2.24) is 19.7 Å². The first-order valence-corrected chi connectivity index (χ1v) is 9.85. The average molecular weight is 392 g/mol. The number of oxazole rings is 1. The minimum atomic E-state index is 0.586. The molecule has 0 atom stereocenters. The molecule has 0 spiro atoms. The summed E-state index contributed by atoms with van der Waals surface area (Å²) in [5, 5.41) is 9.67. The number of para-hydroxylation sites is 1. The van der Waals surface area contributed by atoms with Gasteiger partial charge < -0.3 is 9.15 Å². The van der Waals surface area contributed by atoms with Gasteiger partial charge in [-0.15, -0.1) is 10.2 Å². The normalized spacial score (nSPS) is 11.0. The summed E-state index contributed by atoms with van der Waals surface area (Å²) in [5.41, 5.74) is 2.88. The second kappa shape index (κ2) is 7.90. The molecule has 0 amide bonds.